The molecule has 22 heavy (non-hydrogen) atoms. The number of hydrogen-bond donors (Lipinski definition) is 3. The highest BCUT2D eigenvalue weighted by atomic mass is 16.6. The molecule has 122 valence electrons. The summed E-state index contributed by atoms with van der Waals surface area (Å²) in [5.41, 5.74) is 0.579. The van der Waals surface area contributed by atoms with Gasteiger partial charge in [-0.2, -0.15) is 0 Å². The number of rotatable bonds is 9. The third kappa shape index (κ3) is 6.40. The fourth-order valence-electron chi connectivity index (χ4n) is 1.77. The second kappa shape index (κ2) is 10.4. The zero-order chi connectivity index (χ0) is 16.2. The molecule has 0 heterocycles. The largest absolute Gasteiger partial charge is 0.380 e. The smallest absolute Gasteiger partial charge is 0.292 e. The average Bonchev–Trinajstić information content (AvgIpc) is 2.53. The molecule has 8 nitrogen and oxygen atoms in total. The highest BCUT2D eigenvalue weighted by Crippen LogP contribution is 2.22. The second-order valence-corrected chi connectivity index (χ2v) is 4.32. The van der Waals surface area contributed by atoms with Crippen molar-refractivity contribution in [1.82, 2.24) is 10.6 Å². The van der Waals surface area contributed by atoms with Crippen LogP contribution in [0, 0.1) is 10.1 Å². The van der Waals surface area contributed by atoms with E-state index in [1.807, 2.05) is 6.92 Å². The summed E-state index contributed by atoms with van der Waals surface area (Å²) in [6.07, 6.45) is 0. The van der Waals surface area contributed by atoms with E-state index in [0.29, 0.717) is 44.5 Å². The average molecular weight is 309 g/mol. The van der Waals surface area contributed by atoms with Crippen LogP contribution in [0.3, 0.4) is 0 Å². The molecule has 0 saturated carbocycles. The number of guanidine groups is 1. The van der Waals surface area contributed by atoms with E-state index in [4.69, 9.17) is 4.74 Å². The predicted molar refractivity (Wildman–Crippen MR) is 87.4 cm³/mol. The summed E-state index contributed by atoms with van der Waals surface area (Å²) in [7, 11) is 1.69. The van der Waals surface area contributed by atoms with Gasteiger partial charge in [0.25, 0.3) is 5.69 Å². The van der Waals surface area contributed by atoms with Gasteiger partial charge >= 0.3 is 0 Å². The lowest BCUT2D eigenvalue weighted by Gasteiger charge is -2.12. The standard InChI is InChI=1S/C14H23N5O3/c1-3-22-11-10-18-14(15-2)17-9-8-16-12-6-4-5-7-13(12)19(20)21/h4-7,16H,3,8-11H2,1-2H3,(H2,15,17,18). The molecule has 1 rings (SSSR count). The molecular formula is C14H23N5O3. The van der Waals surface area contributed by atoms with Gasteiger partial charge in [-0.05, 0) is 13.0 Å². The molecule has 1 aromatic rings. The fraction of sp³-hybridized carbons (Fsp3) is 0.500. The summed E-state index contributed by atoms with van der Waals surface area (Å²) < 4.78 is 5.23. The minimum atomic E-state index is -0.399. The molecule has 0 spiro atoms. The number of nitrogens with one attached hydrogen (secondary N) is 3. The molecule has 0 radical (unpaired) electrons. The van der Waals surface area contributed by atoms with E-state index in [1.54, 1.807) is 25.2 Å². The van der Waals surface area contributed by atoms with Crippen LogP contribution in [0.5, 0.6) is 0 Å². The zero-order valence-corrected chi connectivity index (χ0v) is 13.0. The van der Waals surface area contributed by atoms with Gasteiger partial charge < -0.3 is 20.7 Å². The Balaban J connectivity index is 2.31. The van der Waals surface area contributed by atoms with Crippen LogP contribution >= 0.6 is 0 Å². The number of aliphatic imine (C=N–C) groups is 1. The maximum absolute atomic E-state index is 10.9. The van der Waals surface area contributed by atoms with Crippen molar-refractivity contribution in [3.63, 3.8) is 0 Å². The maximum Gasteiger partial charge on any atom is 0.292 e. The number of anilines is 1. The van der Waals surface area contributed by atoms with Crippen molar-refractivity contribution in [2.45, 2.75) is 6.92 Å². The molecule has 0 aromatic heterocycles. The molecule has 0 aliphatic rings. The topological polar surface area (TPSA) is 101 Å². The van der Waals surface area contributed by atoms with E-state index >= 15 is 0 Å². The summed E-state index contributed by atoms with van der Waals surface area (Å²) in [6.45, 7) is 5.04. The van der Waals surface area contributed by atoms with Gasteiger partial charge in [-0.3, -0.25) is 15.1 Å². The lowest BCUT2D eigenvalue weighted by molar-refractivity contribution is -0.384. The number of para-hydroxylation sites is 2. The SMILES string of the molecule is CCOCCNC(=NC)NCCNc1ccccc1[N+](=O)[O-]. The number of nitro groups is 1. The Kier molecular flexibility index (Phi) is 8.36. The van der Waals surface area contributed by atoms with E-state index in [2.05, 4.69) is 20.9 Å². The fourth-order valence-corrected chi connectivity index (χ4v) is 1.77. The summed E-state index contributed by atoms with van der Waals surface area (Å²) in [5, 5.41) is 20.2. The third-order valence-electron chi connectivity index (χ3n) is 2.80. The number of hydrogen-bond acceptors (Lipinski definition) is 5. The molecule has 0 amide bonds. The van der Waals surface area contributed by atoms with Gasteiger partial charge in [-0.1, -0.05) is 12.1 Å². The van der Waals surface area contributed by atoms with Crippen LogP contribution in [0.15, 0.2) is 29.3 Å². The van der Waals surface area contributed by atoms with Crippen LogP contribution in [0.1, 0.15) is 6.92 Å². The van der Waals surface area contributed by atoms with Gasteiger partial charge in [-0.25, -0.2) is 0 Å². The van der Waals surface area contributed by atoms with Gasteiger partial charge in [0.1, 0.15) is 5.69 Å². The first-order valence-electron chi connectivity index (χ1n) is 7.18. The quantitative estimate of drug-likeness (QED) is 0.208. The second-order valence-electron chi connectivity index (χ2n) is 4.32. The molecule has 0 bridgehead atoms. The Morgan fingerprint density at radius 3 is 2.68 bits per heavy atom. The molecule has 0 unspecified atom stereocenters. The first kappa shape index (κ1) is 17.7. The van der Waals surface area contributed by atoms with Crippen molar-refractivity contribution < 1.29 is 9.66 Å². The minimum Gasteiger partial charge on any atom is -0.380 e. The molecule has 8 heteroatoms. The Hall–Kier alpha value is -2.35. The van der Waals surface area contributed by atoms with Crippen molar-refractivity contribution in [3.05, 3.63) is 34.4 Å². The van der Waals surface area contributed by atoms with Gasteiger partial charge in [0.15, 0.2) is 5.96 Å². The Bertz CT molecular complexity index is 493. The van der Waals surface area contributed by atoms with Crippen molar-refractivity contribution >= 4 is 17.3 Å². The highest BCUT2D eigenvalue weighted by Gasteiger charge is 2.11. The summed E-state index contributed by atoms with van der Waals surface area (Å²) >= 11 is 0. The minimum absolute atomic E-state index is 0.0710. The first-order valence-corrected chi connectivity index (χ1v) is 7.18. The van der Waals surface area contributed by atoms with Gasteiger partial charge in [0.05, 0.1) is 11.5 Å². The number of benzene rings is 1. The molecule has 3 N–H and O–H groups in total. The summed E-state index contributed by atoms with van der Waals surface area (Å²) in [5.74, 6) is 0.670. The maximum atomic E-state index is 10.9. The van der Waals surface area contributed by atoms with Crippen LogP contribution < -0.4 is 16.0 Å². The normalized spacial score (nSPS) is 11.1. The third-order valence-corrected chi connectivity index (χ3v) is 2.80. The Morgan fingerprint density at radius 1 is 1.27 bits per heavy atom. The van der Waals surface area contributed by atoms with Crippen molar-refractivity contribution in [2.24, 2.45) is 4.99 Å². The molecule has 0 saturated heterocycles. The van der Waals surface area contributed by atoms with Crippen LogP contribution in [-0.4, -0.2) is 50.8 Å². The molecule has 0 aliphatic carbocycles. The van der Waals surface area contributed by atoms with Crippen molar-refractivity contribution in [1.29, 1.82) is 0 Å². The monoisotopic (exact) mass is 309 g/mol. The Labute approximate surface area is 130 Å². The van der Waals surface area contributed by atoms with Crippen LogP contribution in [0.25, 0.3) is 0 Å². The van der Waals surface area contributed by atoms with Gasteiger partial charge in [0.2, 0.25) is 0 Å². The number of ether oxygens (including phenoxy) is 1. The molecule has 0 aliphatic heterocycles. The first-order chi connectivity index (χ1) is 10.7. The van der Waals surface area contributed by atoms with E-state index in [-0.39, 0.29) is 5.69 Å². The Morgan fingerprint density at radius 2 is 2.00 bits per heavy atom. The van der Waals surface area contributed by atoms with Crippen LogP contribution in [-0.2, 0) is 4.74 Å². The van der Waals surface area contributed by atoms with E-state index in [1.165, 1.54) is 6.07 Å². The highest BCUT2D eigenvalue weighted by molar-refractivity contribution is 5.79. The lowest BCUT2D eigenvalue weighted by Crippen LogP contribution is -2.40. The predicted octanol–water partition coefficient (Wildman–Crippen LogP) is 1.21. The van der Waals surface area contributed by atoms with E-state index in [9.17, 15) is 10.1 Å². The van der Waals surface area contributed by atoms with Crippen molar-refractivity contribution in [3.8, 4) is 0 Å². The zero-order valence-electron chi connectivity index (χ0n) is 13.0. The number of nitro benzene ring substituents is 1. The van der Waals surface area contributed by atoms with Crippen LogP contribution in [0.2, 0.25) is 0 Å². The van der Waals surface area contributed by atoms with Gasteiger partial charge in [-0.15, -0.1) is 0 Å². The van der Waals surface area contributed by atoms with Crippen LogP contribution in [0.4, 0.5) is 11.4 Å². The summed E-state index contributed by atoms with van der Waals surface area (Å²) in [4.78, 5) is 14.6. The van der Waals surface area contributed by atoms with E-state index < -0.39 is 4.92 Å². The van der Waals surface area contributed by atoms with Gasteiger partial charge in [0, 0.05) is 39.4 Å². The molecule has 0 fully saturated rings. The van der Waals surface area contributed by atoms with E-state index in [0.717, 1.165) is 0 Å². The molecule has 1 aromatic carbocycles. The summed E-state index contributed by atoms with van der Waals surface area (Å²) in [6, 6.07) is 6.57. The molecular weight excluding hydrogens is 286 g/mol. The number of nitrogens with zero attached hydrogens (tertiary/aromatic N) is 2. The lowest BCUT2D eigenvalue weighted by atomic mass is 10.2. The van der Waals surface area contributed by atoms with Crippen molar-refractivity contribution in [2.75, 3.05) is 45.2 Å². The molecule has 0 atom stereocenters.